The van der Waals surface area contributed by atoms with Gasteiger partial charge in [0.2, 0.25) is 0 Å². The average Bonchev–Trinajstić information content (AvgIpc) is 2.51. The molecule has 0 saturated heterocycles. The van der Waals surface area contributed by atoms with E-state index in [2.05, 4.69) is 20.7 Å². The second kappa shape index (κ2) is 7.37. The molecule has 0 N–H and O–H groups in total. The van der Waals surface area contributed by atoms with Gasteiger partial charge in [-0.2, -0.15) is 48.3 Å². The van der Waals surface area contributed by atoms with Gasteiger partial charge in [0.25, 0.3) is 0 Å². The van der Waals surface area contributed by atoms with Crippen molar-refractivity contribution in [2.45, 2.75) is 42.4 Å². The average molecular weight is 483 g/mol. The number of alkyl halides is 11. The van der Waals surface area contributed by atoms with E-state index in [1.807, 2.05) is 0 Å². The monoisotopic (exact) mass is 482 g/mol. The first-order valence-corrected chi connectivity index (χ1v) is 7.58. The van der Waals surface area contributed by atoms with E-state index in [0.29, 0.717) is 4.47 Å². The van der Waals surface area contributed by atoms with Crippen LogP contribution in [-0.4, -0.2) is 37.0 Å². The van der Waals surface area contributed by atoms with Gasteiger partial charge in [-0.15, -0.1) is 0 Å². The Bertz CT molecular complexity index is 639. The number of rotatable bonds is 7. The molecule has 1 unspecified atom stereocenters. The Hall–Kier alpha value is -1.11. The molecule has 0 bridgehead atoms. The topological polar surface area (TPSA) is 9.23 Å². The van der Waals surface area contributed by atoms with Crippen molar-refractivity contribution in [1.29, 1.82) is 0 Å². The summed E-state index contributed by atoms with van der Waals surface area (Å²) in [4.78, 5) is 0. The predicted octanol–water partition coefficient (Wildman–Crippen LogP) is 6.63. The highest BCUT2D eigenvalue weighted by Gasteiger charge is 2.87. The highest BCUT2D eigenvalue weighted by atomic mass is 79.9. The SMILES string of the molecule is COC(CC(F)(F)C(F)(F)C(F)(F)C(F)(F)C(F)(F)F)c1ccc(Br)cc1. The number of hydrogen-bond acceptors (Lipinski definition) is 1. The normalized spacial score (nSPS) is 15.7. The van der Waals surface area contributed by atoms with Gasteiger partial charge in [0, 0.05) is 18.0 Å². The zero-order valence-corrected chi connectivity index (χ0v) is 14.6. The van der Waals surface area contributed by atoms with Gasteiger partial charge in [0.1, 0.15) is 0 Å². The Labute approximate surface area is 153 Å². The summed E-state index contributed by atoms with van der Waals surface area (Å²) >= 11 is 2.98. The number of halogens is 12. The summed E-state index contributed by atoms with van der Waals surface area (Å²) in [7, 11) is 0.739. The lowest BCUT2D eigenvalue weighted by Crippen LogP contribution is -2.66. The molecule has 0 amide bonds. The summed E-state index contributed by atoms with van der Waals surface area (Å²) in [5.74, 6) is -27.8. The van der Waals surface area contributed by atoms with Crippen molar-refractivity contribution in [3.05, 3.63) is 34.3 Å². The van der Waals surface area contributed by atoms with Crippen LogP contribution in [0, 0.1) is 0 Å². The van der Waals surface area contributed by atoms with Gasteiger partial charge in [0.05, 0.1) is 6.10 Å². The summed E-state index contributed by atoms with van der Waals surface area (Å²) in [6.45, 7) is 0. The Kier molecular flexibility index (Phi) is 6.54. The molecule has 0 aliphatic heterocycles. The van der Waals surface area contributed by atoms with E-state index in [4.69, 9.17) is 0 Å². The third-order valence-corrected chi connectivity index (χ3v) is 4.10. The fraction of sp³-hybridized carbons (Fsp3) is 0.571. The minimum atomic E-state index is -7.42. The maximum atomic E-state index is 13.8. The molecule has 1 rings (SSSR count). The second-order valence-electron chi connectivity index (χ2n) is 5.41. The van der Waals surface area contributed by atoms with Gasteiger partial charge in [-0.3, -0.25) is 0 Å². The van der Waals surface area contributed by atoms with Crippen LogP contribution < -0.4 is 0 Å². The van der Waals surface area contributed by atoms with Crippen LogP contribution in [0.4, 0.5) is 48.3 Å². The minimum Gasteiger partial charge on any atom is -0.377 e. The summed E-state index contributed by atoms with van der Waals surface area (Å²) in [5.41, 5.74) is -0.220. The molecule has 0 aromatic heterocycles. The van der Waals surface area contributed by atoms with Crippen LogP contribution in [0.1, 0.15) is 18.1 Å². The first-order valence-electron chi connectivity index (χ1n) is 6.78. The van der Waals surface area contributed by atoms with Gasteiger partial charge >= 0.3 is 29.9 Å². The number of hydrogen-bond donors (Lipinski definition) is 0. The Morgan fingerprint density at radius 2 is 1.22 bits per heavy atom. The maximum Gasteiger partial charge on any atom is 0.460 e. The Morgan fingerprint density at radius 1 is 0.778 bits per heavy atom. The standard InChI is InChI=1S/C14H10BrF11O/c1-27-9(7-2-4-8(15)5-3-7)6-10(16,17)11(18,19)12(20,21)13(22,23)14(24,25)26/h2-5,9H,6H2,1H3. The van der Waals surface area contributed by atoms with Crippen molar-refractivity contribution < 1.29 is 53.0 Å². The molecule has 1 aromatic rings. The van der Waals surface area contributed by atoms with E-state index >= 15 is 0 Å². The van der Waals surface area contributed by atoms with Crippen LogP contribution in [0.3, 0.4) is 0 Å². The minimum absolute atomic E-state index is 0.220. The molecule has 0 radical (unpaired) electrons. The molecule has 0 spiro atoms. The molecule has 0 aliphatic rings. The second-order valence-corrected chi connectivity index (χ2v) is 6.32. The predicted molar refractivity (Wildman–Crippen MR) is 74.4 cm³/mol. The van der Waals surface area contributed by atoms with Crippen molar-refractivity contribution in [3.63, 3.8) is 0 Å². The van der Waals surface area contributed by atoms with E-state index in [9.17, 15) is 48.3 Å². The molecule has 0 heterocycles. The van der Waals surface area contributed by atoms with Crippen LogP contribution in [0.5, 0.6) is 0 Å². The van der Waals surface area contributed by atoms with Gasteiger partial charge < -0.3 is 4.74 Å². The van der Waals surface area contributed by atoms with Gasteiger partial charge in [-0.25, -0.2) is 0 Å². The molecule has 0 aliphatic carbocycles. The smallest absolute Gasteiger partial charge is 0.377 e. The highest BCUT2D eigenvalue weighted by molar-refractivity contribution is 9.10. The molecule has 1 nitrogen and oxygen atoms in total. The first-order chi connectivity index (χ1) is 11.9. The molecule has 27 heavy (non-hydrogen) atoms. The van der Waals surface area contributed by atoms with Crippen LogP contribution in [0.25, 0.3) is 0 Å². The first kappa shape index (κ1) is 23.9. The van der Waals surface area contributed by atoms with Gasteiger partial charge in [0.15, 0.2) is 0 Å². The quantitative estimate of drug-likeness (QED) is 0.396. The lowest BCUT2D eigenvalue weighted by molar-refractivity contribution is -0.423. The molecular weight excluding hydrogens is 473 g/mol. The number of methoxy groups -OCH3 is 1. The number of benzene rings is 1. The summed E-state index contributed by atoms with van der Waals surface area (Å²) in [6.07, 6.45) is -11.4. The van der Waals surface area contributed by atoms with E-state index in [1.165, 1.54) is 12.1 Å². The van der Waals surface area contributed by atoms with Gasteiger partial charge in [-0.05, 0) is 17.7 Å². The van der Waals surface area contributed by atoms with Crippen molar-refractivity contribution in [2.24, 2.45) is 0 Å². The summed E-state index contributed by atoms with van der Waals surface area (Å²) in [6, 6.07) is 4.66. The largest absolute Gasteiger partial charge is 0.460 e. The fourth-order valence-electron chi connectivity index (χ4n) is 1.98. The molecule has 1 aromatic carbocycles. The van der Waals surface area contributed by atoms with Crippen LogP contribution >= 0.6 is 15.9 Å². The highest BCUT2D eigenvalue weighted by Crippen LogP contribution is 2.58. The van der Waals surface area contributed by atoms with E-state index in [1.54, 1.807) is 0 Å². The molecule has 0 saturated carbocycles. The van der Waals surface area contributed by atoms with E-state index < -0.39 is 42.4 Å². The van der Waals surface area contributed by atoms with Crippen molar-refractivity contribution in [3.8, 4) is 0 Å². The van der Waals surface area contributed by atoms with Crippen molar-refractivity contribution >= 4 is 15.9 Å². The molecule has 0 fully saturated rings. The van der Waals surface area contributed by atoms with E-state index in [-0.39, 0.29) is 5.56 Å². The Balaban J connectivity index is 3.27. The van der Waals surface area contributed by atoms with Crippen LogP contribution in [-0.2, 0) is 4.74 Å². The number of ether oxygens (including phenoxy) is 1. The third kappa shape index (κ3) is 4.17. The van der Waals surface area contributed by atoms with Crippen LogP contribution in [0.15, 0.2) is 28.7 Å². The summed E-state index contributed by atoms with van der Waals surface area (Å²) in [5, 5.41) is 0. The lowest BCUT2D eigenvalue weighted by atomic mass is 9.92. The molecule has 156 valence electrons. The molecule has 13 heteroatoms. The van der Waals surface area contributed by atoms with Crippen molar-refractivity contribution in [1.82, 2.24) is 0 Å². The zero-order chi connectivity index (χ0) is 21.5. The van der Waals surface area contributed by atoms with Crippen molar-refractivity contribution in [2.75, 3.05) is 7.11 Å². The third-order valence-electron chi connectivity index (χ3n) is 3.57. The van der Waals surface area contributed by atoms with Gasteiger partial charge in [-0.1, -0.05) is 28.1 Å². The van der Waals surface area contributed by atoms with E-state index in [0.717, 1.165) is 19.2 Å². The summed E-state index contributed by atoms with van der Waals surface area (Å²) < 4.78 is 148. The maximum absolute atomic E-state index is 13.8. The fourth-order valence-corrected chi connectivity index (χ4v) is 2.24. The Morgan fingerprint density at radius 3 is 1.59 bits per heavy atom. The molecular formula is C14H10BrF11O. The lowest BCUT2D eigenvalue weighted by Gasteiger charge is -2.38. The van der Waals surface area contributed by atoms with Crippen LogP contribution in [0.2, 0.25) is 0 Å². The molecule has 1 atom stereocenters. The zero-order valence-electron chi connectivity index (χ0n) is 13.0.